The predicted molar refractivity (Wildman–Crippen MR) is 58.8 cm³/mol. The molecule has 0 aliphatic rings. The lowest BCUT2D eigenvalue weighted by atomic mass is 10.1. The van der Waals surface area contributed by atoms with E-state index in [1.54, 1.807) is 6.07 Å². The fraction of sp³-hybridized carbons (Fsp3) is 0.364. The molecule has 3 nitrogen and oxygen atoms in total. The second kappa shape index (κ2) is 4.11. The lowest BCUT2D eigenvalue weighted by Crippen LogP contribution is -2.23. The zero-order chi connectivity index (χ0) is 11.6. The summed E-state index contributed by atoms with van der Waals surface area (Å²) in [6.45, 7) is 5.69. The van der Waals surface area contributed by atoms with Crippen molar-refractivity contribution in [2.24, 2.45) is 0 Å². The van der Waals surface area contributed by atoms with Gasteiger partial charge in [-0.3, -0.25) is 0 Å². The van der Waals surface area contributed by atoms with Crippen LogP contribution in [0, 0.1) is 0 Å². The van der Waals surface area contributed by atoms with Gasteiger partial charge in [-0.1, -0.05) is 11.6 Å². The Morgan fingerprint density at radius 1 is 1.40 bits per heavy atom. The van der Waals surface area contributed by atoms with Gasteiger partial charge in [-0.25, -0.2) is 4.79 Å². The first kappa shape index (κ1) is 11.9. The van der Waals surface area contributed by atoms with Crippen LogP contribution in [-0.4, -0.2) is 16.7 Å². The van der Waals surface area contributed by atoms with Crippen molar-refractivity contribution in [2.45, 2.75) is 26.4 Å². The molecule has 0 bridgehead atoms. The van der Waals surface area contributed by atoms with Crippen LogP contribution in [0.5, 0.6) is 5.75 Å². The van der Waals surface area contributed by atoms with Crippen molar-refractivity contribution < 1.29 is 14.6 Å². The first-order chi connectivity index (χ1) is 6.79. The molecule has 0 spiro atoms. The van der Waals surface area contributed by atoms with Crippen molar-refractivity contribution in [3.8, 4) is 5.75 Å². The lowest BCUT2D eigenvalue weighted by molar-refractivity contribution is 0.0697. The third kappa shape index (κ3) is 3.44. The third-order valence-electron chi connectivity index (χ3n) is 1.59. The summed E-state index contributed by atoms with van der Waals surface area (Å²) in [7, 11) is 0. The number of carboxylic acid groups (broad SMARTS) is 1. The Labute approximate surface area is 93.6 Å². The summed E-state index contributed by atoms with van der Waals surface area (Å²) in [4.78, 5) is 10.7. The Morgan fingerprint density at radius 3 is 2.40 bits per heavy atom. The summed E-state index contributed by atoms with van der Waals surface area (Å²) in [5.74, 6) is -0.506. The van der Waals surface area contributed by atoms with Gasteiger partial charge in [0.15, 0.2) is 0 Å². The van der Waals surface area contributed by atoms with Crippen molar-refractivity contribution >= 4 is 17.6 Å². The highest BCUT2D eigenvalue weighted by Crippen LogP contribution is 2.28. The first-order valence-corrected chi connectivity index (χ1v) is 4.89. The number of ether oxygens (including phenoxy) is 1. The minimum absolute atomic E-state index is 0.154. The van der Waals surface area contributed by atoms with Gasteiger partial charge in [-0.15, -0.1) is 0 Å². The van der Waals surface area contributed by atoms with Crippen LogP contribution in [-0.2, 0) is 0 Å². The van der Waals surface area contributed by atoms with E-state index in [1.807, 2.05) is 20.8 Å². The van der Waals surface area contributed by atoms with E-state index in [9.17, 15) is 4.79 Å². The van der Waals surface area contributed by atoms with Crippen molar-refractivity contribution in [1.82, 2.24) is 0 Å². The minimum Gasteiger partial charge on any atom is -0.487 e. The predicted octanol–water partition coefficient (Wildman–Crippen LogP) is 3.22. The number of carbonyl (C=O) groups is 1. The summed E-state index contributed by atoms with van der Waals surface area (Å²) in [5, 5.41) is 9.04. The van der Waals surface area contributed by atoms with Gasteiger partial charge >= 0.3 is 5.97 Å². The average molecular weight is 229 g/mol. The Hall–Kier alpha value is -1.22. The molecular formula is C11H13ClO3. The van der Waals surface area contributed by atoms with Crippen LogP contribution >= 0.6 is 11.6 Å². The molecule has 15 heavy (non-hydrogen) atoms. The molecule has 0 aliphatic heterocycles. The summed E-state index contributed by atoms with van der Waals surface area (Å²) in [6, 6.07) is 4.41. The normalized spacial score (nSPS) is 11.2. The first-order valence-electron chi connectivity index (χ1n) is 4.51. The van der Waals surface area contributed by atoms with Crippen LogP contribution in [0.25, 0.3) is 0 Å². The van der Waals surface area contributed by atoms with Crippen molar-refractivity contribution in [2.75, 3.05) is 0 Å². The molecule has 0 amide bonds. The van der Waals surface area contributed by atoms with E-state index in [0.717, 1.165) is 0 Å². The molecule has 4 heteroatoms. The average Bonchev–Trinajstić information content (AvgIpc) is 2.05. The van der Waals surface area contributed by atoms with Gasteiger partial charge in [0.25, 0.3) is 0 Å². The maximum absolute atomic E-state index is 10.7. The number of hydrogen-bond donors (Lipinski definition) is 1. The van der Waals surface area contributed by atoms with Crippen LogP contribution in [0.1, 0.15) is 31.1 Å². The van der Waals surface area contributed by atoms with Gasteiger partial charge in [0, 0.05) is 0 Å². The smallest absolute Gasteiger partial charge is 0.335 e. The Kier molecular flexibility index (Phi) is 3.25. The van der Waals surface area contributed by atoms with Gasteiger partial charge in [-0.2, -0.15) is 0 Å². The van der Waals surface area contributed by atoms with E-state index >= 15 is 0 Å². The zero-order valence-corrected chi connectivity index (χ0v) is 9.63. The third-order valence-corrected chi connectivity index (χ3v) is 1.89. The second-order valence-corrected chi connectivity index (χ2v) is 4.57. The van der Waals surface area contributed by atoms with Crippen molar-refractivity contribution in [3.05, 3.63) is 28.8 Å². The molecule has 0 atom stereocenters. The highest BCUT2D eigenvalue weighted by Gasteiger charge is 2.15. The molecule has 1 N–H and O–H groups in total. The van der Waals surface area contributed by atoms with Crippen LogP contribution in [0.3, 0.4) is 0 Å². The van der Waals surface area contributed by atoms with E-state index in [0.29, 0.717) is 10.8 Å². The topological polar surface area (TPSA) is 46.5 Å². The number of hydrogen-bond acceptors (Lipinski definition) is 2. The monoisotopic (exact) mass is 228 g/mol. The molecule has 1 aromatic carbocycles. The van der Waals surface area contributed by atoms with Gasteiger partial charge in [0.05, 0.1) is 10.6 Å². The number of rotatable bonds is 2. The van der Waals surface area contributed by atoms with Gasteiger partial charge in [-0.05, 0) is 39.0 Å². The molecule has 1 rings (SSSR count). The van der Waals surface area contributed by atoms with Crippen LogP contribution < -0.4 is 4.74 Å². The number of benzene rings is 1. The molecule has 1 aromatic rings. The standard InChI is InChI=1S/C11H13ClO3/c1-11(2,3)15-9-5-4-7(10(13)14)6-8(9)12/h4-6H,1-3H3,(H,13,14). The highest BCUT2D eigenvalue weighted by molar-refractivity contribution is 6.32. The van der Waals surface area contributed by atoms with Crippen molar-refractivity contribution in [1.29, 1.82) is 0 Å². The molecule has 0 saturated carbocycles. The minimum atomic E-state index is -1.00. The number of halogens is 1. The van der Waals surface area contributed by atoms with Crippen LogP contribution in [0.2, 0.25) is 5.02 Å². The molecule has 0 aliphatic carbocycles. The lowest BCUT2D eigenvalue weighted by Gasteiger charge is -2.22. The van der Waals surface area contributed by atoms with Crippen LogP contribution in [0.4, 0.5) is 0 Å². The Morgan fingerprint density at radius 2 is 2.00 bits per heavy atom. The summed E-state index contributed by atoms with van der Waals surface area (Å²) in [5.41, 5.74) is -0.199. The summed E-state index contributed by atoms with van der Waals surface area (Å²) < 4.78 is 5.54. The maximum atomic E-state index is 10.7. The molecular weight excluding hydrogens is 216 g/mol. The highest BCUT2D eigenvalue weighted by atomic mass is 35.5. The Bertz CT molecular complexity index is 380. The van der Waals surface area contributed by atoms with Gasteiger partial charge in [0.2, 0.25) is 0 Å². The number of carboxylic acids is 1. The summed E-state index contributed by atoms with van der Waals surface area (Å²) >= 11 is 5.89. The van der Waals surface area contributed by atoms with E-state index in [2.05, 4.69) is 0 Å². The molecule has 0 heterocycles. The van der Waals surface area contributed by atoms with Crippen molar-refractivity contribution in [3.63, 3.8) is 0 Å². The molecule has 0 saturated heterocycles. The molecule has 82 valence electrons. The van der Waals surface area contributed by atoms with Crippen LogP contribution in [0.15, 0.2) is 18.2 Å². The second-order valence-electron chi connectivity index (χ2n) is 4.16. The van der Waals surface area contributed by atoms with Gasteiger partial charge in [0.1, 0.15) is 11.4 Å². The maximum Gasteiger partial charge on any atom is 0.335 e. The molecule has 0 radical (unpaired) electrons. The van der Waals surface area contributed by atoms with E-state index in [-0.39, 0.29) is 11.2 Å². The zero-order valence-electron chi connectivity index (χ0n) is 8.87. The van der Waals surface area contributed by atoms with E-state index in [4.69, 9.17) is 21.4 Å². The Balaban J connectivity index is 2.99. The fourth-order valence-electron chi connectivity index (χ4n) is 1.05. The summed E-state index contributed by atoms with van der Waals surface area (Å²) in [6.07, 6.45) is 0. The van der Waals surface area contributed by atoms with E-state index in [1.165, 1.54) is 12.1 Å². The SMILES string of the molecule is CC(C)(C)Oc1ccc(C(=O)O)cc1Cl. The number of aromatic carboxylic acids is 1. The molecule has 0 fully saturated rings. The van der Waals surface area contributed by atoms with E-state index < -0.39 is 5.97 Å². The van der Waals surface area contributed by atoms with Gasteiger partial charge < -0.3 is 9.84 Å². The largest absolute Gasteiger partial charge is 0.487 e. The molecule has 0 unspecified atom stereocenters. The fourth-order valence-corrected chi connectivity index (χ4v) is 1.27. The quantitative estimate of drug-likeness (QED) is 0.846. The molecule has 0 aromatic heterocycles.